The number of anilines is 1. The summed E-state index contributed by atoms with van der Waals surface area (Å²) in [7, 11) is 0. The van der Waals surface area contributed by atoms with Gasteiger partial charge in [0, 0.05) is 31.6 Å². The molecule has 0 radical (unpaired) electrons. The lowest BCUT2D eigenvalue weighted by atomic mass is 9.91. The Hall–Kier alpha value is -3.83. The average molecular weight is 632 g/mol. The Labute approximate surface area is 264 Å². The second-order valence-electron chi connectivity index (χ2n) is 13.7. The van der Waals surface area contributed by atoms with Gasteiger partial charge in [-0.3, -0.25) is 4.90 Å². The monoisotopic (exact) mass is 631 g/mol. The van der Waals surface area contributed by atoms with Crippen LogP contribution in [0.2, 0.25) is 0 Å². The van der Waals surface area contributed by atoms with Gasteiger partial charge in [-0.1, -0.05) is 25.1 Å². The molecule has 5 atom stereocenters. The van der Waals surface area contributed by atoms with Gasteiger partial charge in [-0.2, -0.15) is 9.97 Å². The van der Waals surface area contributed by atoms with Crippen LogP contribution in [0.15, 0.2) is 30.3 Å². The SMILES string of the molecule is CCc1cccc2cc(O)cc(-c3c(F)c4c5c(nc(OC[C@@]67CCCN6C[C@H](F)C7)nc5c3F)N3CC5CCC(N5)[C@H]3CO4)c12. The van der Waals surface area contributed by atoms with Crippen molar-refractivity contribution >= 4 is 27.5 Å². The maximum Gasteiger partial charge on any atom is 0.319 e. The van der Waals surface area contributed by atoms with Gasteiger partial charge < -0.3 is 24.8 Å². The number of aromatic nitrogens is 2. The smallest absolute Gasteiger partial charge is 0.319 e. The first-order valence-corrected chi connectivity index (χ1v) is 16.5. The van der Waals surface area contributed by atoms with E-state index in [9.17, 15) is 9.50 Å². The molecule has 240 valence electrons. The summed E-state index contributed by atoms with van der Waals surface area (Å²) in [5.74, 6) is -1.52. The first-order chi connectivity index (χ1) is 22.3. The van der Waals surface area contributed by atoms with Crippen LogP contribution in [0.25, 0.3) is 32.8 Å². The van der Waals surface area contributed by atoms with Crippen LogP contribution in [0, 0.1) is 11.6 Å². The fraction of sp³-hybridized carbons (Fsp3) is 0.486. The molecular formula is C35H36F3N5O3. The molecule has 4 saturated heterocycles. The van der Waals surface area contributed by atoms with Crippen LogP contribution in [-0.4, -0.2) is 82.7 Å². The molecule has 1 aromatic heterocycles. The van der Waals surface area contributed by atoms with Gasteiger partial charge in [-0.05, 0) is 72.7 Å². The van der Waals surface area contributed by atoms with Gasteiger partial charge in [0.2, 0.25) is 0 Å². The molecule has 2 bridgehead atoms. The number of piperazine rings is 1. The highest BCUT2D eigenvalue weighted by atomic mass is 19.1. The Balaban J connectivity index is 1.26. The summed E-state index contributed by atoms with van der Waals surface area (Å²) in [6, 6.07) is 8.80. The minimum atomic E-state index is -0.920. The van der Waals surface area contributed by atoms with E-state index in [0.717, 1.165) is 37.8 Å². The van der Waals surface area contributed by atoms with E-state index in [2.05, 4.69) is 20.1 Å². The van der Waals surface area contributed by atoms with E-state index in [-0.39, 0.29) is 70.9 Å². The predicted octanol–water partition coefficient (Wildman–Crippen LogP) is 5.65. The summed E-state index contributed by atoms with van der Waals surface area (Å²) in [6.07, 6.45) is 3.80. The zero-order valence-corrected chi connectivity index (χ0v) is 25.7. The number of nitrogens with one attached hydrogen (secondary N) is 1. The number of rotatable bonds is 5. The molecular weight excluding hydrogens is 595 g/mol. The minimum absolute atomic E-state index is 0.0185. The molecule has 0 amide bonds. The molecule has 3 aromatic carbocycles. The number of phenolic OH excluding ortho intramolecular Hbond substituents is 1. The van der Waals surface area contributed by atoms with E-state index in [1.54, 1.807) is 6.07 Å². The summed E-state index contributed by atoms with van der Waals surface area (Å²) in [6.45, 7) is 4.16. The first kappa shape index (κ1) is 28.4. The summed E-state index contributed by atoms with van der Waals surface area (Å²) in [5, 5.41) is 15.9. The first-order valence-electron chi connectivity index (χ1n) is 16.5. The van der Waals surface area contributed by atoms with E-state index in [4.69, 9.17) is 14.5 Å². The second-order valence-corrected chi connectivity index (χ2v) is 13.7. The highest BCUT2D eigenvalue weighted by Crippen LogP contribution is 2.48. The lowest BCUT2D eigenvalue weighted by molar-refractivity contribution is 0.107. The molecule has 46 heavy (non-hydrogen) atoms. The van der Waals surface area contributed by atoms with Crippen molar-refractivity contribution in [1.82, 2.24) is 20.2 Å². The maximum atomic E-state index is 17.1. The van der Waals surface area contributed by atoms with Crippen LogP contribution < -0.4 is 19.7 Å². The number of alkyl halides is 1. The van der Waals surface area contributed by atoms with E-state index < -0.39 is 23.3 Å². The number of phenols is 1. The molecule has 4 aromatic rings. The minimum Gasteiger partial charge on any atom is -0.508 e. The lowest BCUT2D eigenvalue weighted by Gasteiger charge is -2.40. The molecule has 11 heteroatoms. The summed E-state index contributed by atoms with van der Waals surface area (Å²) < 4.78 is 61.2. The summed E-state index contributed by atoms with van der Waals surface area (Å²) in [5.41, 5.74) is 0.276. The number of aryl methyl sites for hydroxylation is 1. The van der Waals surface area contributed by atoms with Crippen molar-refractivity contribution in [2.75, 3.05) is 37.7 Å². The quantitative estimate of drug-likeness (QED) is 0.293. The lowest BCUT2D eigenvalue weighted by Crippen LogP contribution is -2.60. The summed E-state index contributed by atoms with van der Waals surface area (Å²) >= 11 is 0. The topological polar surface area (TPSA) is 83.0 Å². The standard InChI is InChI=1S/C35H36F3N5O3/c1-2-18-5-3-6-19-11-22(44)12-23(26(18)19)27-29(37)31-28-32(30(27)38)45-16-25-24-8-7-21(39-24)15-43(25)33(28)41-34(40-31)46-17-35-9-4-10-42(35)14-20(36)13-35/h3,5-6,11-12,20-21,24-25,39,44H,2,4,7-10,13-17H2,1H3/t20-,21?,24?,25-,35+/m1/s1. The van der Waals surface area contributed by atoms with Crippen LogP contribution >= 0.6 is 0 Å². The average Bonchev–Trinajstić information content (AvgIpc) is 3.67. The number of halogens is 3. The normalized spacial score (nSPS) is 28.4. The van der Waals surface area contributed by atoms with Crippen LogP contribution in [-0.2, 0) is 6.42 Å². The second kappa shape index (κ2) is 10.3. The molecule has 5 aliphatic heterocycles. The predicted molar refractivity (Wildman–Crippen MR) is 169 cm³/mol. The van der Waals surface area contributed by atoms with Gasteiger partial charge >= 0.3 is 6.01 Å². The molecule has 0 spiro atoms. The van der Waals surface area contributed by atoms with E-state index in [1.165, 1.54) is 6.07 Å². The molecule has 2 N–H and O–H groups in total. The third-order valence-corrected chi connectivity index (χ3v) is 11.1. The highest BCUT2D eigenvalue weighted by molar-refractivity contribution is 6.05. The van der Waals surface area contributed by atoms with Crippen molar-refractivity contribution in [3.05, 3.63) is 47.5 Å². The van der Waals surface area contributed by atoms with Gasteiger partial charge in [0.1, 0.15) is 36.5 Å². The molecule has 4 fully saturated rings. The zero-order chi connectivity index (χ0) is 31.3. The van der Waals surface area contributed by atoms with Crippen molar-refractivity contribution in [1.29, 1.82) is 0 Å². The van der Waals surface area contributed by atoms with Crippen LogP contribution in [0.5, 0.6) is 17.5 Å². The van der Waals surface area contributed by atoms with Gasteiger partial charge in [-0.15, -0.1) is 0 Å². The molecule has 0 aliphatic carbocycles. The number of hydrogen-bond donors (Lipinski definition) is 2. The summed E-state index contributed by atoms with van der Waals surface area (Å²) in [4.78, 5) is 13.7. The number of aromatic hydroxyl groups is 1. The Morgan fingerprint density at radius 1 is 1.13 bits per heavy atom. The fourth-order valence-corrected chi connectivity index (χ4v) is 9.01. The van der Waals surface area contributed by atoms with Crippen molar-refractivity contribution < 1.29 is 27.8 Å². The van der Waals surface area contributed by atoms with Crippen molar-refractivity contribution in [2.24, 2.45) is 0 Å². The van der Waals surface area contributed by atoms with E-state index in [1.807, 2.05) is 25.1 Å². The Kier molecular flexibility index (Phi) is 6.38. The van der Waals surface area contributed by atoms with E-state index >= 15 is 8.78 Å². The number of ether oxygens (including phenoxy) is 2. The molecule has 9 rings (SSSR count). The van der Waals surface area contributed by atoms with Gasteiger partial charge in [0.25, 0.3) is 0 Å². The molecule has 2 unspecified atom stereocenters. The largest absolute Gasteiger partial charge is 0.508 e. The number of nitrogens with zero attached hydrogens (tertiary/aromatic N) is 4. The molecule has 8 nitrogen and oxygen atoms in total. The van der Waals surface area contributed by atoms with Crippen LogP contribution in [0.3, 0.4) is 0 Å². The van der Waals surface area contributed by atoms with Gasteiger partial charge in [0.05, 0.1) is 22.5 Å². The number of fused-ring (bicyclic) bond motifs is 7. The highest BCUT2D eigenvalue weighted by Gasteiger charge is 2.50. The maximum absolute atomic E-state index is 17.1. The van der Waals surface area contributed by atoms with Gasteiger partial charge in [-0.25, -0.2) is 13.2 Å². The third kappa shape index (κ3) is 4.13. The van der Waals surface area contributed by atoms with E-state index in [0.29, 0.717) is 42.5 Å². The van der Waals surface area contributed by atoms with Crippen molar-refractivity contribution in [2.45, 2.75) is 75.3 Å². The Morgan fingerprint density at radius 2 is 2.02 bits per heavy atom. The molecule has 5 aliphatic rings. The molecule has 0 saturated carbocycles. The number of benzene rings is 3. The van der Waals surface area contributed by atoms with Crippen LogP contribution in [0.4, 0.5) is 19.0 Å². The number of hydrogen-bond acceptors (Lipinski definition) is 8. The third-order valence-electron chi connectivity index (χ3n) is 11.1. The van der Waals surface area contributed by atoms with Crippen LogP contribution in [0.1, 0.15) is 44.6 Å². The van der Waals surface area contributed by atoms with Crippen molar-refractivity contribution in [3.63, 3.8) is 0 Å². The Bertz CT molecular complexity index is 1910. The fourth-order valence-electron chi connectivity index (χ4n) is 9.01. The van der Waals surface area contributed by atoms with Gasteiger partial charge in [0.15, 0.2) is 17.4 Å². The Morgan fingerprint density at radius 3 is 2.89 bits per heavy atom. The molecule has 6 heterocycles. The zero-order valence-electron chi connectivity index (χ0n) is 25.7. The van der Waals surface area contributed by atoms with Crippen molar-refractivity contribution in [3.8, 4) is 28.6 Å².